The van der Waals surface area contributed by atoms with E-state index >= 15 is 0 Å². The molecule has 3 heterocycles. The second-order valence-electron chi connectivity index (χ2n) is 10.6. The van der Waals surface area contributed by atoms with Gasteiger partial charge in [-0.2, -0.15) is 0 Å². The predicted octanol–water partition coefficient (Wildman–Crippen LogP) is 10.7. The largest absolute Gasteiger partial charge is 0.456 e. The molecule has 0 amide bonds. The first-order chi connectivity index (χ1) is 24.0. The molecule has 45 heavy (non-hydrogen) atoms. The quantitative estimate of drug-likeness (QED) is 0.168. The van der Waals surface area contributed by atoms with Gasteiger partial charge in [0.25, 0.3) is 0 Å². The Morgan fingerprint density at radius 1 is 0.622 bits per heavy atom. The average molecular weight is 765 g/mol. The van der Waals surface area contributed by atoms with Gasteiger partial charge in [0.05, 0.1) is 0 Å². The van der Waals surface area contributed by atoms with Gasteiger partial charge in [-0.15, -0.1) is 70.8 Å². The van der Waals surface area contributed by atoms with E-state index in [1.165, 1.54) is 46.1 Å². The molecule has 0 aliphatic heterocycles. The number of hydrogen-bond acceptors (Lipinski definition) is 3. The Hall–Kier alpha value is -4.89. The fraction of sp³-hybridized carbons (Fsp3) is 0.0732. The fourth-order valence-electron chi connectivity index (χ4n) is 5.38. The Labute approximate surface area is 285 Å². The minimum Gasteiger partial charge on any atom is -0.456 e. The van der Waals surface area contributed by atoms with E-state index in [0.29, 0.717) is 11.3 Å². The van der Waals surface area contributed by atoms with Crippen LogP contribution in [-0.4, -0.2) is 9.97 Å². The molecule has 4 heteroatoms. The van der Waals surface area contributed by atoms with Gasteiger partial charge in [-0.05, 0) is 64.8 Å². The molecule has 0 unspecified atom stereocenters. The summed E-state index contributed by atoms with van der Waals surface area (Å²) >= 11 is 0. The first-order valence-corrected chi connectivity index (χ1v) is 14.2. The number of hydrogen-bond donors (Lipinski definition) is 0. The van der Waals surface area contributed by atoms with Crippen molar-refractivity contribution >= 4 is 32.7 Å². The second-order valence-corrected chi connectivity index (χ2v) is 10.6. The van der Waals surface area contributed by atoms with Crippen LogP contribution in [0.25, 0.3) is 66.4 Å². The number of rotatable bonds is 3. The van der Waals surface area contributed by atoms with Crippen molar-refractivity contribution in [2.24, 2.45) is 0 Å². The van der Waals surface area contributed by atoms with Crippen LogP contribution in [0.1, 0.15) is 24.9 Å². The fourth-order valence-corrected chi connectivity index (χ4v) is 5.38. The maximum atomic E-state index is 7.28. The molecule has 8 aromatic rings. The topological polar surface area (TPSA) is 38.9 Å². The molecule has 0 saturated heterocycles. The summed E-state index contributed by atoms with van der Waals surface area (Å²) in [4.78, 5) is 8.65. The number of para-hydroxylation sites is 1. The van der Waals surface area contributed by atoms with Crippen LogP contribution in [0.15, 0.2) is 132 Å². The van der Waals surface area contributed by atoms with Gasteiger partial charge in [0.2, 0.25) is 0 Å². The molecule has 0 aliphatic carbocycles. The number of benzene rings is 5. The van der Waals surface area contributed by atoms with Gasteiger partial charge in [0, 0.05) is 51.5 Å². The minimum atomic E-state index is -2.18. The molecule has 0 spiro atoms. The van der Waals surface area contributed by atoms with Crippen molar-refractivity contribution in [3.05, 3.63) is 156 Å². The van der Waals surface area contributed by atoms with Gasteiger partial charge in [0.15, 0.2) is 0 Å². The third-order valence-electron chi connectivity index (χ3n) is 7.55. The average Bonchev–Trinajstić information content (AvgIpc) is 3.51. The van der Waals surface area contributed by atoms with Crippen LogP contribution in [-0.2, 0) is 20.1 Å². The number of aromatic nitrogens is 2. The molecule has 3 nitrogen and oxygen atoms in total. The molecular weight excluding hydrogens is 729 g/mol. The molecule has 0 bridgehead atoms. The first-order valence-electron chi connectivity index (χ1n) is 17.2. The van der Waals surface area contributed by atoms with Crippen molar-refractivity contribution in [2.45, 2.75) is 20.6 Å². The first kappa shape index (κ1) is 23.5. The Kier molecular flexibility index (Phi) is 6.78. The SMILES string of the molecule is Cc1ccc(-c2[c-]ccc(-c3cccc4c3ccc3oc5ccccc5c34)c2)nc1.[2H]C([2H])([2H])c1c[c-]c(-c2ccc(C([2H])([2H])[2H])cn2)cc1.[Ir]. The summed E-state index contributed by atoms with van der Waals surface area (Å²) in [5.41, 5.74) is 8.83. The van der Waals surface area contributed by atoms with E-state index in [1.54, 1.807) is 12.1 Å². The molecule has 5 aromatic carbocycles. The smallest absolute Gasteiger partial charge is 0.136 e. The van der Waals surface area contributed by atoms with Gasteiger partial charge in [-0.3, -0.25) is 0 Å². The number of furan rings is 1. The summed E-state index contributed by atoms with van der Waals surface area (Å²) in [6.45, 7) is -2.29. The summed E-state index contributed by atoms with van der Waals surface area (Å²) in [5, 5.41) is 4.75. The summed E-state index contributed by atoms with van der Waals surface area (Å²) in [5.74, 6) is 0. The van der Waals surface area contributed by atoms with Crippen LogP contribution in [0.5, 0.6) is 0 Å². The molecule has 1 radical (unpaired) electrons. The van der Waals surface area contributed by atoms with Crippen molar-refractivity contribution in [1.82, 2.24) is 9.97 Å². The van der Waals surface area contributed by atoms with Crippen molar-refractivity contribution in [2.75, 3.05) is 0 Å². The number of fused-ring (bicyclic) bond motifs is 5. The molecule has 0 fully saturated rings. The third kappa shape index (κ3) is 6.21. The maximum Gasteiger partial charge on any atom is 0.136 e. The van der Waals surface area contributed by atoms with E-state index in [9.17, 15) is 0 Å². The molecular formula is C41H30IrN2O-2. The Morgan fingerprint density at radius 2 is 1.38 bits per heavy atom. The van der Waals surface area contributed by atoms with Crippen LogP contribution in [0, 0.1) is 32.8 Å². The Bertz CT molecular complexity index is 2400. The maximum absolute atomic E-state index is 7.28. The molecule has 0 atom stereocenters. The van der Waals surface area contributed by atoms with Crippen molar-refractivity contribution in [3.8, 4) is 33.6 Å². The normalized spacial score (nSPS) is 13.4. The Balaban J connectivity index is 0.000000188. The zero-order valence-corrected chi connectivity index (χ0v) is 26.7. The zero-order valence-electron chi connectivity index (χ0n) is 30.3. The van der Waals surface area contributed by atoms with Crippen molar-refractivity contribution < 1.29 is 32.7 Å². The summed E-state index contributed by atoms with van der Waals surface area (Å²) < 4.78 is 49.7. The van der Waals surface area contributed by atoms with Crippen LogP contribution in [0.4, 0.5) is 0 Å². The van der Waals surface area contributed by atoms with Gasteiger partial charge >= 0.3 is 0 Å². The molecule has 8 rings (SSSR count). The number of nitrogens with zero attached hydrogens (tertiary/aromatic N) is 2. The third-order valence-corrected chi connectivity index (χ3v) is 7.55. The van der Waals surface area contributed by atoms with Gasteiger partial charge < -0.3 is 14.4 Å². The predicted molar refractivity (Wildman–Crippen MR) is 181 cm³/mol. The van der Waals surface area contributed by atoms with Gasteiger partial charge in [-0.1, -0.05) is 73.6 Å². The van der Waals surface area contributed by atoms with E-state index in [-0.39, 0.29) is 31.2 Å². The molecule has 0 saturated carbocycles. The summed E-state index contributed by atoms with van der Waals surface area (Å²) in [6, 6.07) is 43.1. The van der Waals surface area contributed by atoms with Gasteiger partial charge in [-0.25, -0.2) is 0 Å². The minimum absolute atomic E-state index is 0. The van der Waals surface area contributed by atoms with Crippen LogP contribution < -0.4 is 0 Å². The molecule has 0 N–H and O–H groups in total. The molecule has 221 valence electrons. The van der Waals surface area contributed by atoms with E-state index in [4.69, 9.17) is 12.6 Å². The number of pyridine rings is 2. The second kappa shape index (κ2) is 13.0. The standard InChI is InChI=1S/C28H18NO.C13H12N.Ir/c1-18-12-14-25(29-17-18)20-7-4-6-19(16-20)21-9-5-10-23-22(21)13-15-27-28(23)24-8-2-3-11-26(24)30-27;1-10-3-6-12(7-4-10)13-8-5-11(2)9-14-13;/h2-6,8-17H,1H3;3-6,8-9H,1-2H3;/q2*-1;/i;1D3,2D3;. The van der Waals surface area contributed by atoms with Crippen LogP contribution >= 0.6 is 0 Å². The van der Waals surface area contributed by atoms with Crippen LogP contribution in [0.2, 0.25) is 0 Å². The summed E-state index contributed by atoms with van der Waals surface area (Å²) in [6.07, 6.45) is 3.20. The molecule has 3 aromatic heterocycles. The van der Waals surface area contributed by atoms with E-state index in [2.05, 4.69) is 88.8 Å². The van der Waals surface area contributed by atoms with Crippen LogP contribution in [0.3, 0.4) is 0 Å². The monoisotopic (exact) mass is 765 g/mol. The Morgan fingerprint density at radius 3 is 2.13 bits per heavy atom. The zero-order chi connectivity index (χ0) is 35.0. The van der Waals surface area contributed by atoms with E-state index in [0.717, 1.165) is 38.9 Å². The van der Waals surface area contributed by atoms with E-state index < -0.39 is 13.7 Å². The number of aryl methyl sites for hydroxylation is 3. The molecule has 0 aliphatic rings. The van der Waals surface area contributed by atoms with Crippen molar-refractivity contribution in [1.29, 1.82) is 0 Å². The van der Waals surface area contributed by atoms with E-state index in [1.807, 2.05) is 31.3 Å². The van der Waals surface area contributed by atoms with Crippen molar-refractivity contribution in [3.63, 3.8) is 0 Å². The van der Waals surface area contributed by atoms with Gasteiger partial charge in [0.1, 0.15) is 11.2 Å². The summed E-state index contributed by atoms with van der Waals surface area (Å²) in [7, 11) is 0.